The van der Waals surface area contributed by atoms with E-state index in [9.17, 15) is 14.4 Å². The predicted molar refractivity (Wildman–Crippen MR) is 123 cm³/mol. The van der Waals surface area contributed by atoms with Gasteiger partial charge in [-0.1, -0.05) is 62.7 Å². The molecule has 2 fully saturated rings. The molecule has 0 aromatic heterocycles. The highest BCUT2D eigenvalue weighted by Crippen LogP contribution is 2.46. The number of benzene rings is 2. The number of carbonyl (C=O) groups is 3. The molecule has 0 bridgehead atoms. The number of amides is 2. The first kappa shape index (κ1) is 20.8. The van der Waals surface area contributed by atoms with Crippen molar-refractivity contribution in [3.8, 4) is 0 Å². The van der Waals surface area contributed by atoms with Gasteiger partial charge in [0, 0.05) is 11.0 Å². The van der Waals surface area contributed by atoms with E-state index in [4.69, 9.17) is 0 Å². The van der Waals surface area contributed by atoms with Crippen LogP contribution in [0.3, 0.4) is 0 Å². The molecule has 2 aromatic carbocycles. The highest BCUT2D eigenvalue weighted by Gasteiger charge is 2.68. The van der Waals surface area contributed by atoms with E-state index in [1.54, 1.807) is 0 Å². The topological polar surface area (TPSA) is 58.9 Å². The summed E-state index contributed by atoms with van der Waals surface area (Å²) < 4.78 is 0. The molecular formula is C27H29N2O3+. The molecule has 32 heavy (non-hydrogen) atoms. The maximum Gasteiger partial charge on any atom is 0.244 e. The molecule has 3 heterocycles. The molecule has 164 valence electrons. The standard InChI is InChI=1S/C27H28N2O3/c1-15-10-11-19(16(2)14-15)29-25(31)20-21(26(29)32)23(24(30)27(3,4)5)28-13-12-17-8-6-7-9-18(17)22(20)28/h6-14,20-23H,1-5H3/p+1/t20-,21+,22-,23-/m0/s1. The van der Waals surface area contributed by atoms with Gasteiger partial charge >= 0.3 is 0 Å². The van der Waals surface area contributed by atoms with Gasteiger partial charge in [0.25, 0.3) is 0 Å². The van der Waals surface area contributed by atoms with E-state index in [1.165, 1.54) is 4.90 Å². The maximum atomic E-state index is 13.9. The third-order valence-corrected chi connectivity index (χ3v) is 7.24. The maximum absolute atomic E-state index is 13.9. The fraction of sp³-hybridized carbons (Fsp3) is 0.370. The number of imide groups is 1. The highest BCUT2D eigenvalue weighted by atomic mass is 16.2. The molecule has 1 N–H and O–H groups in total. The van der Waals surface area contributed by atoms with Crippen molar-refractivity contribution in [2.75, 3.05) is 4.90 Å². The van der Waals surface area contributed by atoms with E-state index in [2.05, 4.69) is 0 Å². The lowest BCUT2D eigenvalue weighted by Crippen LogP contribution is -3.12. The average Bonchev–Trinajstić information content (AvgIpc) is 3.20. The van der Waals surface area contributed by atoms with E-state index in [0.717, 1.165) is 27.2 Å². The van der Waals surface area contributed by atoms with Crippen molar-refractivity contribution in [3.05, 3.63) is 70.9 Å². The second-order valence-electron chi connectivity index (χ2n) is 10.4. The molecule has 5 heteroatoms. The second kappa shape index (κ2) is 6.97. The summed E-state index contributed by atoms with van der Waals surface area (Å²) in [7, 11) is 0. The summed E-state index contributed by atoms with van der Waals surface area (Å²) in [6, 6.07) is 12.9. The van der Waals surface area contributed by atoms with Gasteiger partial charge in [-0.25, -0.2) is 4.90 Å². The zero-order valence-corrected chi connectivity index (χ0v) is 19.2. The lowest BCUT2D eigenvalue weighted by atomic mass is 9.79. The smallest absolute Gasteiger partial charge is 0.244 e. The number of nitrogens with zero attached hydrogens (tertiary/aromatic N) is 1. The third kappa shape index (κ3) is 2.84. The molecule has 5 nitrogen and oxygen atoms in total. The van der Waals surface area contributed by atoms with Crippen molar-refractivity contribution in [2.24, 2.45) is 17.3 Å². The Morgan fingerprint density at radius 2 is 1.66 bits per heavy atom. The lowest BCUT2D eigenvalue weighted by molar-refractivity contribution is -0.885. The number of carbonyl (C=O) groups excluding carboxylic acids is 3. The molecule has 3 aliphatic rings. The van der Waals surface area contributed by atoms with E-state index in [-0.39, 0.29) is 23.6 Å². The van der Waals surface area contributed by atoms with Crippen LogP contribution in [0.1, 0.15) is 49.1 Å². The van der Waals surface area contributed by atoms with Crippen LogP contribution < -0.4 is 9.80 Å². The number of hydrogen-bond donors (Lipinski definition) is 1. The van der Waals surface area contributed by atoms with Gasteiger partial charge in [-0.3, -0.25) is 19.3 Å². The summed E-state index contributed by atoms with van der Waals surface area (Å²) in [5.74, 6) is -1.63. The highest BCUT2D eigenvalue weighted by molar-refractivity contribution is 6.24. The summed E-state index contributed by atoms with van der Waals surface area (Å²) >= 11 is 0. The Morgan fingerprint density at radius 3 is 2.34 bits per heavy atom. The SMILES string of the molecule is Cc1ccc(N2C(=O)[C@@H]3[C@H](C2=O)[C@@H]2c4ccccc4C=C[NH+]2[C@@H]3C(=O)C(C)(C)C)c(C)c1. The van der Waals surface area contributed by atoms with Crippen molar-refractivity contribution < 1.29 is 19.3 Å². The van der Waals surface area contributed by atoms with Crippen molar-refractivity contribution in [3.63, 3.8) is 0 Å². The monoisotopic (exact) mass is 429 g/mol. The minimum Gasteiger partial charge on any atom is -0.292 e. The van der Waals surface area contributed by atoms with Gasteiger partial charge in [-0.2, -0.15) is 0 Å². The van der Waals surface area contributed by atoms with Crippen molar-refractivity contribution >= 4 is 29.4 Å². The number of quaternary nitrogens is 1. The minimum absolute atomic E-state index is 0.0256. The van der Waals surface area contributed by atoms with Crippen LogP contribution in [0.2, 0.25) is 0 Å². The fourth-order valence-corrected chi connectivity index (χ4v) is 5.81. The Morgan fingerprint density at radius 1 is 0.969 bits per heavy atom. The summed E-state index contributed by atoms with van der Waals surface area (Å²) in [6.45, 7) is 9.58. The van der Waals surface area contributed by atoms with Crippen LogP contribution in [0.25, 0.3) is 6.08 Å². The number of Topliss-reactive ketones (excluding diaryl/α,β-unsaturated/α-hetero) is 1. The molecule has 5 rings (SSSR count). The lowest BCUT2D eigenvalue weighted by Gasteiger charge is -2.33. The van der Waals surface area contributed by atoms with Gasteiger partial charge in [0.15, 0.2) is 11.8 Å². The number of nitrogens with one attached hydrogen (secondary N) is 1. The predicted octanol–water partition coefficient (Wildman–Crippen LogP) is 3.02. The van der Waals surface area contributed by atoms with Gasteiger partial charge in [-0.05, 0) is 37.1 Å². The summed E-state index contributed by atoms with van der Waals surface area (Å²) in [6.07, 6.45) is 4.00. The molecule has 2 aromatic rings. The number of aryl methyl sites for hydroxylation is 2. The molecule has 1 unspecified atom stereocenters. The van der Waals surface area contributed by atoms with Gasteiger partial charge < -0.3 is 0 Å². The molecule has 0 saturated carbocycles. The first-order valence-corrected chi connectivity index (χ1v) is 11.2. The Hall–Kier alpha value is -3.05. The first-order chi connectivity index (χ1) is 15.1. The Balaban J connectivity index is 1.68. The first-order valence-electron chi connectivity index (χ1n) is 11.2. The van der Waals surface area contributed by atoms with Crippen LogP contribution >= 0.6 is 0 Å². The number of ketones is 1. The van der Waals surface area contributed by atoms with Gasteiger partial charge in [0.2, 0.25) is 11.8 Å². The van der Waals surface area contributed by atoms with Crippen LogP contribution in [0.5, 0.6) is 0 Å². The second-order valence-corrected chi connectivity index (χ2v) is 10.4. The molecule has 2 amide bonds. The summed E-state index contributed by atoms with van der Waals surface area (Å²) in [5.41, 5.74) is 4.06. The molecule has 3 aliphatic heterocycles. The number of rotatable bonds is 2. The molecule has 2 saturated heterocycles. The van der Waals surface area contributed by atoms with Gasteiger partial charge in [-0.15, -0.1) is 0 Å². The van der Waals surface area contributed by atoms with Crippen LogP contribution in [0.4, 0.5) is 5.69 Å². The quantitative estimate of drug-likeness (QED) is 0.747. The Kier molecular flexibility index (Phi) is 4.54. The van der Waals surface area contributed by atoms with Crippen LogP contribution in [-0.2, 0) is 14.4 Å². The zero-order chi connectivity index (χ0) is 22.9. The largest absolute Gasteiger partial charge is 0.292 e. The van der Waals surface area contributed by atoms with Crippen molar-refractivity contribution in [2.45, 2.75) is 46.7 Å². The van der Waals surface area contributed by atoms with Gasteiger partial charge in [0.1, 0.15) is 17.9 Å². The molecule has 0 radical (unpaired) electrons. The fourth-order valence-electron chi connectivity index (χ4n) is 5.81. The molecule has 0 spiro atoms. The van der Waals surface area contributed by atoms with Gasteiger partial charge in [0.05, 0.1) is 11.9 Å². The summed E-state index contributed by atoms with van der Waals surface area (Å²) in [5, 5.41) is 0. The summed E-state index contributed by atoms with van der Waals surface area (Å²) in [4.78, 5) is 43.6. The normalized spacial score (nSPS) is 28.5. The zero-order valence-electron chi connectivity index (χ0n) is 19.2. The molecular weight excluding hydrogens is 400 g/mol. The Labute approximate surface area is 188 Å². The van der Waals surface area contributed by atoms with Crippen molar-refractivity contribution in [1.29, 1.82) is 0 Å². The van der Waals surface area contributed by atoms with Crippen LogP contribution in [0.15, 0.2) is 48.7 Å². The van der Waals surface area contributed by atoms with Crippen LogP contribution in [0, 0.1) is 31.1 Å². The average molecular weight is 430 g/mol. The third-order valence-electron chi connectivity index (χ3n) is 7.24. The minimum atomic E-state index is -0.661. The molecule has 0 aliphatic carbocycles. The van der Waals surface area contributed by atoms with E-state index < -0.39 is 23.3 Å². The number of anilines is 1. The Bertz CT molecular complexity index is 1190. The van der Waals surface area contributed by atoms with Crippen molar-refractivity contribution in [1.82, 2.24) is 0 Å². The number of hydrogen-bond acceptors (Lipinski definition) is 3. The van der Waals surface area contributed by atoms with Crippen LogP contribution in [-0.4, -0.2) is 23.6 Å². The van der Waals surface area contributed by atoms with E-state index >= 15 is 0 Å². The number of fused-ring (bicyclic) bond motifs is 5. The van der Waals surface area contributed by atoms with E-state index in [0.29, 0.717) is 5.69 Å². The van der Waals surface area contributed by atoms with E-state index in [1.807, 2.05) is 89.4 Å². The molecule has 5 atom stereocenters.